The van der Waals surface area contributed by atoms with Crippen molar-refractivity contribution in [2.75, 3.05) is 20.8 Å². The lowest BCUT2D eigenvalue weighted by Gasteiger charge is -2.57. The third-order valence-electron chi connectivity index (χ3n) is 7.94. The molecule has 0 aromatic heterocycles. The van der Waals surface area contributed by atoms with Crippen LogP contribution in [0, 0.1) is 29.0 Å². The van der Waals surface area contributed by atoms with Gasteiger partial charge in [0.05, 0.1) is 31.3 Å². The van der Waals surface area contributed by atoms with Crippen molar-refractivity contribution in [2.24, 2.45) is 23.2 Å². The smallest absolute Gasteiger partial charge is 0.336 e. The first kappa shape index (κ1) is 21.2. The highest BCUT2D eigenvalue weighted by Gasteiger charge is 2.51. The summed E-state index contributed by atoms with van der Waals surface area (Å²) in [5.74, 6) is 0.205. The average molecular weight is 440 g/mol. The molecule has 0 unspecified atom stereocenters. The van der Waals surface area contributed by atoms with Crippen LogP contribution in [0.2, 0.25) is 0 Å². The first-order valence-corrected chi connectivity index (χ1v) is 11.5. The lowest BCUT2D eigenvalue weighted by Crippen LogP contribution is -2.50. The van der Waals surface area contributed by atoms with Gasteiger partial charge in [-0.1, -0.05) is 12.1 Å². The zero-order valence-electron chi connectivity index (χ0n) is 18.7. The molecular formula is C26H30FNO4. The van der Waals surface area contributed by atoms with E-state index in [2.05, 4.69) is 0 Å². The Morgan fingerprint density at radius 2 is 1.50 bits per heavy atom. The summed E-state index contributed by atoms with van der Waals surface area (Å²) in [5, 5.41) is 0. The molecule has 0 saturated heterocycles. The quantitative estimate of drug-likeness (QED) is 0.630. The Bertz CT molecular complexity index is 928. The van der Waals surface area contributed by atoms with E-state index in [1.54, 1.807) is 24.5 Å². The number of benzene rings is 1. The number of ether oxygens (including phenoxy) is 2. The number of methoxy groups -OCH3 is 2. The van der Waals surface area contributed by atoms with E-state index in [9.17, 15) is 14.0 Å². The summed E-state index contributed by atoms with van der Waals surface area (Å²) in [6, 6.07) is 5.99. The summed E-state index contributed by atoms with van der Waals surface area (Å²) >= 11 is 0. The largest absolute Gasteiger partial charge is 0.466 e. The third kappa shape index (κ3) is 3.74. The summed E-state index contributed by atoms with van der Waals surface area (Å²) in [6.45, 7) is 0.771. The van der Waals surface area contributed by atoms with Gasteiger partial charge in [-0.15, -0.1) is 0 Å². The fourth-order valence-corrected chi connectivity index (χ4v) is 7.30. The third-order valence-corrected chi connectivity index (χ3v) is 7.94. The van der Waals surface area contributed by atoms with E-state index in [1.165, 1.54) is 64.9 Å². The Hall–Kier alpha value is -2.63. The molecular weight excluding hydrogens is 409 g/mol. The van der Waals surface area contributed by atoms with Crippen molar-refractivity contribution < 1.29 is 23.5 Å². The molecule has 4 aliphatic carbocycles. The van der Waals surface area contributed by atoms with Crippen LogP contribution in [0.5, 0.6) is 0 Å². The average Bonchev–Trinajstić information content (AvgIpc) is 2.76. The predicted octanol–water partition coefficient (Wildman–Crippen LogP) is 4.56. The van der Waals surface area contributed by atoms with Crippen LogP contribution in [0.3, 0.4) is 0 Å². The van der Waals surface area contributed by atoms with Gasteiger partial charge in [-0.25, -0.2) is 14.0 Å². The molecule has 0 radical (unpaired) electrons. The maximum Gasteiger partial charge on any atom is 0.336 e. The molecule has 0 N–H and O–H groups in total. The minimum Gasteiger partial charge on any atom is -0.466 e. The highest BCUT2D eigenvalue weighted by atomic mass is 19.1. The number of rotatable bonds is 5. The molecule has 5 aliphatic rings. The van der Waals surface area contributed by atoms with Crippen LogP contribution in [0.4, 0.5) is 4.39 Å². The molecule has 0 spiro atoms. The Balaban J connectivity index is 1.52. The number of halogens is 1. The summed E-state index contributed by atoms with van der Waals surface area (Å²) in [7, 11) is 2.65. The van der Waals surface area contributed by atoms with Crippen LogP contribution in [0.1, 0.15) is 50.0 Å². The maximum atomic E-state index is 14.0. The van der Waals surface area contributed by atoms with Gasteiger partial charge in [0.2, 0.25) is 0 Å². The number of esters is 2. The molecule has 1 aromatic carbocycles. The molecule has 0 atom stereocenters. The van der Waals surface area contributed by atoms with E-state index < -0.39 is 23.7 Å². The number of carbonyl (C=O) groups excluding carboxylic acids is 2. The number of nitrogens with zero attached hydrogens (tertiary/aromatic N) is 1. The molecule has 6 heteroatoms. The highest BCUT2D eigenvalue weighted by Crippen LogP contribution is 2.60. The van der Waals surface area contributed by atoms with Crippen molar-refractivity contribution in [2.45, 2.75) is 44.4 Å². The second-order valence-corrected chi connectivity index (χ2v) is 10.2. The van der Waals surface area contributed by atoms with Crippen LogP contribution in [-0.2, 0) is 19.1 Å². The Labute approximate surface area is 188 Å². The van der Waals surface area contributed by atoms with E-state index in [-0.39, 0.29) is 5.41 Å². The van der Waals surface area contributed by atoms with E-state index in [0.717, 1.165) is 24.3 Å². The van der Waals surface area contributed by atoms with Crippen molar-refractivity contribution >= 4 is 11.9 Å². The van der Waals surface area contributed by atoms with Crippen LogP contribution in [0.25, 0.3) is 0 Å². The van der Waals surface area contributed by atoms with E-state index in [1.807, 2.05) is 4.90 Å². The standard InChI is InChI=1S/C26H30FNO4/c1-31-24(29)21-13-28(15-26-10-16-6-17(11-26)8-18(7-16)12-26)14-22(25(30)32-2)23(21)19-4-3-5-20(27)9-19/h3-5,9,13-14,16-18,23H,6-8,10-12,15H2,1-2H3. The zero-order valence-corrected chi connectivity index (χ0v) is 18.7. The fraction of sp³-hybridized carbons (Fsp3) is 0.538. The maximum absolute atomic E-state index is 14.0. The second kappa shape index (κ2) is 8.05. The van der Waals surface area contributed by atoms with Crippen molar-refractivity contribution in [3.63, 3.8) is 0 Å². The lowest BCUT2D eigenvalue weighted by molar-refractivity contribution is -0.137. The number of hydrogen-bond donors (Lipinski definition) is 0. The molecule has 0 amide bonds. The minimum atomic E-state index is -0.738. The topological polar surface area (TPSA) is 55.8 Å². The molecule has 4 saturated carbocycles. The first-order chi connectivity index (χ1) is 15.4. The van der Waals surface area contributed by atoms with Gasteiger partial charge in [0.15, 0.2) is 0 Å². The number of hydrogen-bond acceptors (Lipinski definition) is 5. The zero-order chi connectivity index (χ0) is 22.5. The summed E-state index contributed by atoms with van der Waals surface area (Å²) in [5.41, 5.74) is 1.39. The normalized spacial score (nSPS) is 31.2. The van der Waals surface area contributed by atoms with Gasteiger partial charge in [0.25, 0.3) is 0 Å². The molecule has 6 rings (SSSR count). The fourth-order valence-electron chi connectivity index (χ4n) is 7.30. The van der Waals surface area contributed by atoms with Gasteiger partial charge < -0.3 is 14.4 Å². The predicted molar refractivity (Wildman–Crippen MR) is 117 cm³/mol. The van der Waals surface area contributed by atoms with Crippen molar-refractivity contribution in [1.82, 2.24) is 4.90 Å². The molecule has 1 aliphatic heterocycles. The molecule has 1 heterocycles. The summed E-state index contributed by atoms with van der Waals surface area (Å²) in [6.07, 6.45) is 11.3. The Morgan fingerprint density at radius 3 is 1.97 bits per heavy atom. The Kier molecular flexibility index (Phi) is 5.34. The van der Waals surface area contributed by atoms with Crippen LogP contribution < -0.4 is 0 Å². The highest BCUT2D eigenvalue weighted by molar-refractivity contribution is 5.98. The van der Waals surface area contributed by atoms with Crippen molar-refractivity contribution in [3.05, 3.63) is 59.2 Å². The van der Waals surface area contributed by atoms with Gasteiger partial charge in [-0.2, -0.15) is 0 Å². The van der Waals surface area contributed by atoms with Crippen LogP contribution >= 0.6 is 0 Å². The molecule has 170 valence electrons. The minimum absolute atomic E-state index is 0.218. The number of carbonyl (C=O) groups is 2. The van der Waals surface area contributed by atoms with E-state index in [4.69, 9.17) is 9.47 Å². The van der Waals surface area contributed by atoms with E-state index >= 15 is 0 Å². The SMILES string of the molecule is COC(=O)C1=CN(CC23CC4CC(CC(C4)C2)C3)C=C(C(=O)OC)C1c1cccc(F)c1. The van der Waals surface area contributed by atoms with Crippen LogP contribution in [-0.4, -0.2) is 37.6 Å². The van der Waals surface area contributed by atoms with Gasteiger partial charge in [-0.3, -0.25) is 0 Å². The molecule has 4 fully saturated rings. The monoisotopic (exact) mass is 439 g/mol. The van der Waals surface area contributed by atoms with Crippen LogP contribution in [0.15, 0.2) is 47.8 Å². The van der Waals surface area contributed by atoms with Gasteiger partial charge in [-0.05, 0) is 79.4 Å². The summed E-state index contributed by atoms with van der Waals surface area (Å²) < 4.78 is 24.2. The molecule has 1 aromatic rings. The van der Waals surface area contributed by atoms with Gasteiger partial charge >= 0.3 is 11.9 Å². The lowest BCUT2D eigenvalue weighted by atomic mass is 9.49. The molecule has 32 heavy (non-hydrogen) atoms. The van der Waals surface area contributed by atoms with Gasteiger partial charge in [0, 0.05) is 18.9 Å². The first-order valence-electron chi connectivity index (χ1n) is 11.5. The second-order valence-electron chi connectivity index (χ2n) is 10.2. The van der Waals surface area contributed by atoms with Crippen molar-refractivity contribution in [3.8, 4) is 0 Å². The summed E-state index contributed by atoms with van der Waals surface area (Å²) in [4.78, 5) is 27.6. The Morgan fingerprint density at radius 1 is 0.969 bits per heavy atom. The van der Waals surface area contributed by atoms with E-state index in [0.29, 0.717) is 16.7 Å². The molecule has 4 bridgehead atoms. The molecule has 5 nitrogen and oxygen atoms in total. The van der Waals surface area contributed by atoms with Crippen molar-refractivity contribution in [1.29, 1.82) is 0 Å². The van der Waals surface area contributed by atoms with Gasteiger partial charge in [0.1, 0.15) is 5.82 Å².